The highest BCUT2D eigenvalue weighted by Gasteiger charge is 2.44. The standard InChI is InChI=1S/C17H14ClN5O2/c1-9-14-13(15-20-16(21-25-15)17(2)5-6-17)19-8-22(14)11-4-3-10(18)7-12(11)23(9)24/h3-4,7-8H,5-6H2,1-2H3. The predicted octanol–water partition coefficient (Wildman–Crippen LogP) is 3.18. The Hall–Kier alpha value is -2.67. The summed E-state index contributed by atoms with van der Waals surface area (Å²) in [6.45, 7) is 3.86. The van der Waals surface area contributed by atoms with Crippen molar-refractivity contribution in [3.05, 3.63) is 46.3 Å². The summed E-state index contributed by atoms with van der Waals surface area (Å²) >= 11 is 6.04. The molecular formula is C17H14ClN5O2. The molecule has 4 aromatic rings. The van der Waals surface area contributed by atoms with Gasteiger partial charge in [0.15, 0.2) is 11.5 Å². The van der Waals surface area contributed by atoms with Crippen molar-refractivity contribution >= 4 is 28.2 Å². The Morgan fingerprint density at radius 2 is 2.16 bits per heavy atom. The van der Waals surface area contributed by atoms with E-state index in [-0.39, 0.29) is 5.41 Å². The maximum absolute atomic E-state index is 12.7. The smallest absolute Gasteiger partial charge is 0.279 e. The fourth-order valence-electron chi connectivity index (χ4n) is 3.15. The molecule has 0 amide bonds. The van der Waals surface area contributed by atoms with E-state index in [1.807, 2.05) is 4.40 Å². The quantitative estimate of drug-likeness (QED) is 0.407. The highest BCUT2D eigenvalue weighted by molar-refractivity contribution is 6.31. The highest BCUT2D eigenvalue weighted by Crippen LogP contribution is 2.46. The number of halogens is 1. The van der Waals surface area contributed by atoms with Crippen molar-refractivity contribution in [3.8, 4) is 11.6 Å². The molecule has 0 spiro atoms. The van der Waals surface area contributed by atoms with Gasteiger partial charge in [0, 0.05) is 23.4 Å². The molecule has 5 rings (SSSR count). The van der Waals surface area contributed by atoms with Gasteiger partial charge in [-0.1, -0.05) is 23.7 Å². The molecule has 0 unspecified atom stereocenters. The Morgan fingerprint density at radius 1 is 1.36 bits per heavy atom. The number of imidazole rings is 1. The van der Waals surface area contributed by atoms with Gasteiger partial charge in [0.1, 0.15) is 17.4 Å². The summed E-state index contributed by atoms with van der Waals surface area (Å²) in [6, 6.07) is 5.19. The third-order valence-electron chi connectivity index (χ3n) is 5.00. The van der Waals surface area contributed by atoms with Crippen LogP contribution in [0.1, 0.15) is 31.3 Å². The van der Waals surface area contributed by atoms with Crippen LogP contribution in [0.5, 0.6) is 0 Å². The Kier molecular flexibility index (Phi) is 2.75. The summed E-state index contributed by atoms with van der Waals surface area (Å²) in [7, 11) is 0. The minimum Gasteiger partial charge on any atom is -0.618 e. The Labute approximate surface area is 147 Å². The van der Waals surface area contributed by atoms with Gasteiger partial charge >= 0.3 is 0 Å². The molecule has 0 saturated heterocycles. The summed E-state index contributed by atoms with van der Waals surface area (Å²) < 4.78 is 8.16. The van der Waals surface area contributed by atoms with E-state index >= 15 is 0 Å². The summed E-state index contributed by atoms with van der Waals surface area (Å²) in [5.41, 5.74) is 2.88. The lowest BCUT2D eigenvalue weighted by atomic mass is 10.1. The van der Waals surface area contributed by atoms with Crippen molar-refractivity contribution in [2.75, 3.05) is 0 Å². The van der Waals surface area contributed by atoms with Crippen LogP contribution in [-0.4, -0.2) is 19.5 Å². The zero-order valence-corrected chi connectivity index (χ0v) is 14.4. The Balaban J connectivity index is 1.79. The van der Waals surface area contributed by atoms with Crippen molar-refractivity contribution in [3.63, 3.8) is 0 Å². The van der Waals surface area contributed by atoms with Crippen LogP contribution in [0.2, 0.25) is 5.02 Å². The molecule has 3 heterocycles. The minimum atomic E-state index is 0.00816. The first-order chi connectivity index (χ1) is 12.0. The van der Waals surface area contributed by atoms with Gasteiger partial charge in [0.05, 0.1) is 0 Å². The van der Waals surface area contributed by atoms with E-state index in [9.17, 15) is 5.21 Å². The summed E-state index contributed by atoms with van der Waals surface area (Å²) in [6.07, 6.45) is 3.78. The van der Waals surface area contributed by atoms with Gasteiger partial charge in [-0.15, -0.1) is 0 Å². The van der Waals surface area contributed by atoms with E-state index in [2.05, 4.69) is 22.0 Å². The summed E-state index contributed by atoms with van der Waals surface area (Å²) in [5.74, 6) is 1.03. The third kappa shape index (κ3) is 1.99. The van der Waals surface area contributed by atoms with Crippen LogP contribution in [0, 0.1) is 12.1 Å². The first-order valence-electron chi connectivity index (χ1n) is 8.01. The lowest BCUT2D eigenvalue weighted by Gasteiger charge is -2.08. The summed E-state index contributed by atoms with van der Waals surface area (Å²) in [4.78, 5) is 8.95. The molecule has 1 aliphatic rings. The number of hydrogen-bond donors (Lipinski definition) is 0. The molecule has 8 heteroatoms. The number of nitrogens with zero attached hydrogens (tertiary/aromatic N) is 5. The minimum absolute atomic E-state index is 0.00816. The molecule has 1 fully saturated rings. The van der Waals surface area contributed by atoms with Gasteiger partial charge in [0.2, 0.25) is 11.2 Å². The van der Waals surface area contributed by atoms with Crippen LogP contribution in [-0.2, 0) is 5.41 Å². The number of aryl methyl sites for hydroxylation is 1. The van der Waals surface area contributed by atoms with Gasteiger partial charge in [-0.2, -0.15) is 9.71 Å². The average molecular weight is 356 g/mol. The van der Waals surface area contributed by atoms with E-state index in [1.165, 1.54) is 0 Å². The normalized spacial score (nSPS) is 16.0. The lowest BCUT2D eigenvalue weighted by Crippen LogP contribution is -2.32. The van der Waals surface area contributed by atoms with E-state index in [4.69, 9.17) is 16.1 Å². The topological polar surface area (TPSA) is 83.2 Å². The van der Waals surface area contributed by atoms with Crippen LogP contribution in [0.15, 0.2) is 29.0 Å². The first kappa shape index (κ1) is 14.7. The maximum atomic E-state index is 12.7. The zero-order chi connectivity index (χ0) is 17.3. The molecule has 0 N–H and O–H groups in total. The van der Waals surface area contributed by atoms with Gasteiger partial charge in [0.25, 0.3) is 5.89 Å². The van der Waals surface area contributed by atoms with Crippen LogP contribution in [0.4, 0.5) is 0 Å². The van der Waals surface area contributed by atoms with Crippen LogP contribution < -0.4 is 4.73 Å². The van der Waals surface area contributed by atoms with Gasteiger partial charge < -0.3 is 9.73 Å². The van der Waals surface area contributed by atoms with Crippen molar-refractivity contribution in [2.45, 2.75) is 32.1 Å². The Morgan fingerprint density at radius 3 is 2.92 bits per heavy atom. The molecule has 7 nitrogen and oxygen atoms in total. The fourth-order valence-corrected chi connectivity index (χ4v) is 3.32. The van der Waals surface area contributed by atoms with Crippen LogP contribution >= 0.6 is 11.6 Å². The highest BCUT2D eigenvalue weighted by atomic mass is 35.5. The molecular weight excluding hydrogens is 342 g/mol. The van der Waals surface area contributed by atoms with Crippen molar-refractivity contribution in [1.82, 2.24) is 19.5 Å². The SMILES string of the molecule is Cc1c2c(-c3nc(C4(C)CC4)no3)ncn2c2ccc(Cl)cc2[n+]1[O-]. The van der Waals surface area contributed by atoms with Gasteiger partial charge in [-0.25, -0.2) is 4.98 Å². The molecule has 0 bridgehead atoms. The molecule has 1 aliphatic carbocycles. The lowest BCUT2D eigenvalue weighted by molar-refractivity contribution is -0.583. The maximum Gasteiger partial charge on any atom is 0.279 e. The fraction of sp³-hybridized carbons (Fsp3) is 0.294. The molecule has 1 saturated carbocycles. The van der Waals surface area contributed by atoms with E-state index < -0.39 is 0 Å². The molecule has 0 radical (unpaired) electrons. The van der Waals surface area contributed by atoms with E-state index in [0.717, 1.165) is 17.6 Å². The second-order valence-electron chi connectivity index (χ2n) is 6.81. The molecule has 1 aromatic carbocycles. The zero-order valence-electron chi connectivity index (χ0n) is 13.7. The molecule has 25 heavy (non-hydrogen) atoms. The molecule has 0 aliphatic heterocycles. The molecule has 3 aromatic heterocycles. The number of benzene rings is 1. The van der Waals surface area contributed by atoms with Crippen molar-refractivity contribution in [2.24, 2.45) is 0 Å². The van der Waals surface area contributed by atoms with Crippen molar-refractivity contribution in [1.29, 1.82) is 0 Å². The van der Waals surface area contributed by atoms with Crippen LogP contribution in [0.3, 0.4) is 0 Å². The first-order valence-corrected chi connectivity index (χ1v) is 8.39. The average Bonchev–Trinajstić information content (AvgIpc) is 3.04. The largest absolute Gasteiger partial charge is 0.618 e. The van der Waals surface area contributed by atoms with Gasteiger partial charge in [-0.3, -0.25) is 4.40 Å². The number of hydrogen-bond acceptors (Lipinski definition) is 5. The van der Waals surface area contributed by atoms with E-state index in [1.54, 1.807) is 31.5 Å². The Bertz CT molecular complexity index is 1160. The second kappa shape index (κ2) is 4.70. The van der Waals surface area contributed by atoms with Crippen LogP contribution in [0.25, 0.3) is 28.1 Å². The van der Waals surface area contributed by atoms with E-state index in [0.29, 0.717) is 44.7 Å². The molecule has 0 atom stereocenters. The molecule has 126 valence electrons. The van der Waals surface area contributed by atoms with Gasteiger partial charge in [-0.05, 0) is 25.0 Å². The number of rotatable bonds is 2. The predicted molar refractivity (Wildman–Crippen MR) is 91.3 cm³/mol. The number of fused-ring (bicyclic) bond motifs is 3. The third-order valence-corrected chi connectivity index (χ3v) is 5.23. The number of aromatic nitrogens is 5. The second-order valence-corrected chi connectivity index (χ2v) is 7.24. The summed E-state index contributed by atoms with van der Waals surface area (Å²) in [5, 5.41) is 17.3. The monoisotopic (exact) mass is 355 g/mol. The van der Waals surface area contributed by atoms with Crippen molar-refractivity contribution < 1.29 is 9.25 Å².